The molecule has 1 aliphatic rings. The van der Waals surface area contributed by atoms with Gasteiger partial charge in [-0.05, 0) is 51.1 Å². The number of nitrogens with zero attached hydrogens (tertiary/aromatic N) is 2. The molecule has 0 bridgehead atoms. The van der Waals surface area contributed by atoms with Crippen molar-refractivity contribution >= 4 is 23.7 Å². The highest BCUT2D eigenvalue weighted by atomic mass is 35.5. The lowest BCUT2D eigenvalue weighted by molar-refractivity contribution is -0.572. The van der Waals surface area contributed by atoms with Gasteiger partial charge in [0.15, 0.2) is 12.0 Å². The number of nitro groups is 1. The Morgan fingerprint density at radius 1 is 1.32 bits per heavy atom. The van der Waals surface area contributed by atoms with Crippen molar-refractivity contribution in [2.75, 3.05) is 13.1 Å². The Kier molecular flexibility index (Phi) is 8.19. The van der Waals surface area contributed by atoms with Crippen LogP contribution in [0.5, 0.6) is 5.75 Å². The fourth-order valence-corrected chi connectivity index (χ4v) is 3.63. The van der Waals surface area contributed by atoms with E-state index < -0.39 is 51.3 Å². The second kappa shape index (κ2) is 10.3. The first kappa shape index (κ1) is 27.0. The molecule has 3 atom stereocenters. The van der Waals surface area contributed by atoms with Gasteiger partial charge < -0.3 is 19.5 Å². The lowest BCUT2D eigenvalue weighted by Crippen LogP contribution is -2.57. The van der Waals surface area contributed by atoms with Gasteiger partial charge in [0.25, 0.3) is 5.54 Å². The van der Waals surface area contributed by atoms with Crippen LogP contribution in [0.4, 0.5) is 18.0 Å². The molecule has 1 amide bonds. The van der Waals surface area contributed by atoms with E-state index in [1.54, 1.807) is 13.8 Å². The number of halogens is 4. The Morgan fingerprint density at radius 2 is 1.94 bits per heavy atom. The Hall–Kier alpha value is -3.28. The maximum absolute atomic E-state index is 12.8. The highest BCUT2D eigenvalue weighted by molar-refractivity contribution is 6.32. The SMILES string of the molecule is CCN(CC)C(=O)OC(C)C1([N+](=O)[O-])C=CC(Oc2ccc(C(F)(F)F)cc2Cl)=CC1C(=O)O. The van der Waals surface area contributed by atoms with Gasteiger partial charge in [0, 0.05) is 24.1 Å². The number of amides is 1. The number of allylic oxidation sites excluding steroid dienone is 1. The molecule has 13 heteroatoms. The van der Waals surface area contributed by atoms with Crippen LogP contribution >= 0.6 is 11.6 Å². The van der Waals surface area contributed by atoms with Crippen molar-refractivity contribution in [2.45, 2.75) is 38.6 Å². The first-order chi connectivity index (χ1) is 15.8. The van der Waals surface area contributed by atoms with E-state index in [2.05, 4.69) is 0 Å². The van der Waals surface area contributed by atoms with Crippen LogP contribution in [0.25, 0.3) is 0 Å². The normalized spacial score (nSPS) is 20.8. The van der Waals surface area contributed by atoms with Crippen LogP contribution in [0.15, 0.2) is 42.2 Å². The minimum absolute atomic E-state index is 0.200. The van der Waals surface area contributed by atoms with E-state index in [1.165, 1.54) is 11.8 Å². The van der Waals surface area contributed by atoms with Crippen molar-refractivity contribution < 1.29 is 42.3 Å². The summed E-state index contributed by atoms with van der Waals surface area (Å²) in [6.45, 7) is 5.11. The number of carbonyl (C=O) groups is 2. The van der Waals surface area contributed by atoms with Crippen LogP contribution in [0.2, 0.25) is 5.02 Å². The molecule has 1 N–H and O–H groups in total. The summed E-state index contributed by atoms with van der Waals surface area (Å²) in [7, 11) is 0. The molecule has 3 unspecified atom stereocenters. The lowest BCUT2D eigenvalue weighted by Gasteiger charge is -2.34. The second-order valence-corrected chi connectivity index (χ2v) is 7.71. The van der Waals surface area contributed by atoms with Crippen molar-refractivity contribution in [3.8, 4) is 5.75 Å². The fraction of sp³-hybridized carbons (Fsp3) is 0.429. The van der Waals surface area contributed by atoms with E-state index in [0.717, 1.165) is 30.4 Å². The minimum atomic E-state index is -4.63. The molecule has 0 aromatic heterocycles. The fourth-order valence-electron chi connectivity index (χ4n) is 3.41. The van der Waals surface area contributed by atoms with Crippen LogP contribution in [0, 0.1) is 16.0 Å². The van der Waals surface area contributed by atoms with Crippen molar-refractivity contribution in [1.29, 1.82) is 0 Å². The predicted octanol–water partition coefficient (Wildman–Crippen LogP) is 4.77. The molecule has 9 nitrogen and oxygen atoms in total. The van der Waals surface area contributed by atoms with Crippen molar-refractivity contribution in [1.82, 2.24) is 4.90 Å². The molecule has 186 valence electrons. The van der Waals surface area contributed by atoms with Gasteiger partial charge in [0.1, 0.15) is 11.5 Å². The maximum Gasteiger partial charge on any atom is 0.416 e. The van der Waals surface area contributed by atoms with Gasteiger partial charge in [-0.15, -0.1) is 0 Å². The number of aliphatic carboxylic acids is 1. The van der Waals surface area contributed by atoms with Gasteiger partial charge in [-0.25, -0.2) is 4.79 Å². The third-order valence-corrected chi connectivity index (χ3v) is 5.66. The molecule has 0 saturated heterocycles. The summed E-state index contributed by atoms with van der Waals surface area (Å²) in [4.78, 5) is 36.8. The first-order valence-electron chi connectivity index (χ1n) is 10.1. The van der Waals surface area contributed by atoms with Gasteiger partial charge in [-0.1, -0.05) is 11.6 Å². The van der Waals surface area contributed by atoms with Crippen LogP contribution in [-0.4, -0.2) is 51.7 Å². The summed E-state index contributed by atoms with van der Waals surface area (Å²) in [6.07, 6.45) is -4.05. The van der Waals surface area contributed by atoms with Crippen LogP contribution < -0.4 is 4.74 Å². The Balaban J connectivity index is 2.38. The Bertz CT molecular complexity index is 1020. The van der Waals surface area contributed by atoms with Gasteiger partial charge in [-0.2, -0.15) is 13.2 Å². The molecule has 2 rings (SSSR count). The van der Waals surface area contributed by atoms with Gasteiger partial charge in [-0.3, -0.25) is 14.9 Å². The summed E-state index contributed by atoms with van der Waals surface area (Å²) in [6, 6.07) is 2.30. The van der Waals surface area contributed by atoms with E-state index in [4.69, 9.17) is 21.1 Å². The molecular weight excluding hydrogens is 485 g/mol. The molecule has 0 aliphatic heterocycles. The molecule has 0 heterocycles. The summed E-state index contributed by atoms with van der Waals surface area (Å²) in [5.41, 5.74) is -3.39. The summed E-state index contributed by atoms with van der Waals surface area (Å²) >= 11 is 5.86. The van der Waals surface area contributed by atoms with E-state index >= 15 is 0 Å². The molecular formula is C21H22ClF3N2O7. The van der Waals surface area contributed by atoms with E-state index in [0.29, 0.717) is 6.07 Å². The van der Waals surface area contributed by atoms with Crippen molar-refractivity contribution in [3.05, 3.63) is 62.9 Å². The van der Waals surface area contributed by atoms with Crippen LogP contribution in [-0.2, 0) is 15.7 Å². The van der Waals surface area contributed by atoms with Gasteiger partial charge >= 0.3 is 18.2 Å². The molecule has 1 aromatic rings. The van der Waals surface area contributed by atoms with Crippen LogP contribution in [0.3, 0.4) is 0 Å². The number of alkyl halides is 3. The molecule has 1 aromatic carbocycles. The van der Waals surface area contributed by atoms with E-state index in [1.807, 2.05) is 0 Å². The number of hydrogen-bond donors (Lipinski definition) is 1. The van der Waals surface area contributed by atoms with Crippen molar-refractivity contribution in [3.63, 3.8) is 0 Å². The molecule has 0 fully saturated rings. The number of carboxylic acids is 1. The van der Waals surface area contributed by atoms with Gasteiger partial charge in [0.2, 0.25) is 0 Å². The zero-order chi connectivity index (χ0) is 25.8. The molecule has 1 aliphatic carbocycles. The van der Waals surface area contributed by atoms with E-state index in [-0.39, 0.29) is 24.6 Å². The molecule has 34 heavy (non-hydrogen) atoms. The Labute approximate surface area is 197 Å². The molecule has 0 saturated carbocycles. The number of rotatable bonds is 8. The summed E-state index contributed by atoms with van der Waals surface area (Å²) in [5, 5.41) is 21.4. The molecule has 0 radical (unpaired) electrons. The second-order valence-electron chi connectivity index (χ2n) is 7.31. The largest absolute Gasteiger partial charge is 0.481 e. The Morgan fingerprint density at radius 3 is 2.41 bits per heavy atom. The average Bonchev–Trinajstić information content (AvgIpc) is 2.74. The topological polar surface area (TPSA) is 119 Å². The third-order valence-electron chi connectivity index (χ3n) is 5.36. The third kappa shape index (κ3) is 5.44. The average molecular weight is 507 g/mol. The number of carbonyl (C=O) groups excluding carboxylic acids is 1. The van der Waals surface area contributed by atoms with E-state index in [9.17, 15) is 38.0 Å². The quantitative estimate of drug-likeness (QED) is 0.398. The molecule has 0 spiro atoms. The highest BCUT2D eigenvalue weighted by Gasteiger charge is 2.59. The number of carboxylic acid groups (broad SMARTS) is 1. The minimum Gasteiger partial charge on any atom is -0.481 e. The van der Waals surface area contributed by atoms with Crippen molar-refractivity contribution in [2.24, 2.45) is 5.92 Å². The number of benzene rings is 1. The predicted molar refractivity (Wildman–Crippen MR) is 114 cm³/mol. The summed E-state index contributed by atoms with van der Waals surface area (Å²) < 4.78 is 49.1. The first-order valence-corrected chi connectivity index (χ1v) is 10.4. The smallest absolute Gasteiger partial charge is 0.416 e. The van der Waals surface area contributed by atoms with Gasteiger partial charge in [0.05, 0.1) is 10.6 Å². The lowest BCUT2D eigenvalue weighted by atomic mass is 9.76. The zero-order valence-corrected chi connectivity index (χ0v) is 19.1. The number of hydrogen-bond acceptors (Lipinski definition) is 6. The maximum atomic E-state index is 12.8. The van der Waals surface area contributed by atoms with Crippen LogP contribution in [0.1, 0.15) is 26.3 Å². The monoisotopic (exact) mass is 506 g/mol. The zero-order valence-electron chi connectivity index (χ0n) is 18.3. The highest BCUT2D eigenvalue weighted by Crippen LogP contribution is 2.38. The standard InChI is InChI=1S/C21H22ClF3N2O7/c1-4-26(5-2)19(30)33-12(3)20(27(31)32)9-8-14(11-15(20)18(28)29)34-17-7-6-13(10-16(17)22)21(23,24)25/h6-12,15H,4-5H2,1-3H3,(H,28,29). The summed E-state index contributed by atoms with van der Waals surface area (Å²) in [5.74, 6) is -3.86. The number of ether oxygens (including phenoxy) is 2.